The van der Waals surface area contributed by atoms with Crippen molar-refractivity contribution in [1.29, 1.82) is 0 Å². The number of hydrogen-bond donors (Lipinski definition) is 1. The molecule has 9 heavy (non-hydrogen) atoms. The summed E-state index contributed by atoms with van der Waals surface area (Å²) in [5.41, 5.74) is 1.49. The quantitative estimate of drug-likeness (QED) is 0.465. The molecule has 0 aliphatic carbocycles. The van der Waals surface area contributed by atoms with Crippen molar-refractivity contribution in [3.8, 4) is 11.8 Å². The Labute approximate surface area is 61.1 Å². The highest BCUT2D eigenvalue weighted by Crippen LogP contribution is 1.73. The Balaban J connectivity index is 2.97. The Bertz CT molecular complexity index is 130. The van der Waals surface area contributed by atoms with Crippen molar-refractivity contribution in [3.05, 3.63) is 11.6 Å². The van der Waals surface area contributed by atoms with Crippen LogP contribution in [0.3, 0.4) is 0 Å². The molecule has 0 fully saturated rings. The molecule has 0 rings (SSSR count). The van der Waals surface area contributed by atoms with E-state index in [1.165, 1.54) is 5.54 Å². The topological polar surface area (TPSA) is 12.0 Å². The summed E-state index contributed by atoms with van der Waals surface area (Å²) in [5, 5.41) is 3.04. The summed E-state index contributed by atoms with van der Waals surface area (Å²) >= 11 is 5.26. The molecule has 0 aliphatic rings. The Morgan fingerprint density at radius 2 is 2.44 bits per heavy atom. The summed E-state index contributed by atoms with van der Waals surface area (Å²) in [6.07, 6.45) is 1.83. The Hall–Kier alpha value is -0.450. The van der Waals surface area contributed by atoms with Crippen LogP contribution in [0, 0.1) is 11.8 Å². The molecule has 0 spiro atoms. The summed E-state index contributed by atoms with van der Waals surface area (Å²) in [6.45, 7) is 3.34. The van der Waals surface area contributed by atoms with Gasteiger partial charge in [-0.1, -0.05) is 23.6 Å². The zero-order chi connectivity index (χ0) is 6.95. The van der Waals surface area contributed by atoms with Crippen LogP contribution in [-0.4, -0.2) is 13.1 Å². The van der Waals surface area contributed by atoms with E-state index in [-0.39, 0.29) is 0 Å². The van der Waals surface area contributed by atoms with E-state index in [1.54, 1.807) is 0 Å². The molecule has 0 aromatic carbocycles. The Kier molecular flexibility index (Phi) is 7.17. The van der Waals surface area contributed by atoms with Crippen LogP contribution >= 0.6 is 11.6 Å². The maximum absolute atomic E-state index is 5.26. The van der Waals surface area contributed by atoms with E-state index >= 15 is 0 Å². The van der Waals surface area contributed by atoms with Crippen molar-refractivity contribution >= 4 is 11.6 Å². The second-order valence-corrected chi connectivity index (χ2v) is 1.67. The van der Waals surface area contributed by atoms with Gasteiger partial charge in [-0.15, -0.1) is 5.92 Å². The molecular formula is C7H10ClN. The van der Waals surface area contributed by atoms with Gasteiger partial charge in [-0.25, -0.2) is 0 Å². The predicted octanol–water partition coefficient (Wildman–Crippen LogP) is 1.35. The first-order valence-electron chi connectivity index (χ1n) is 2.77. The molecule has 0 amide bonds. The lowest BCUT2D eigenvalue weighted by atomic mass is 10.5. The number of nitrogens with one attached hydrogen (secondary N) is 1. The van der Waals surface area contributed by atoms with Crippen LogP contribution in [0.4, 0.5) is 0 Å². The third-order valence-electron chi connectivity index (χ3n) is 0.741. The standard InChI is InChI=1S/C7H10ClN/c1-2-3-6-9-7-4-5-8/h4-5,9H,6-7H2,1H3/b5-4+. The third-order valence-corrected chi connectivity index (χ3v) is 0.920. The summed E-state index contributed by atoms with van der Waals surface area (Å²) in [7, 11) is 0. The van der Waals surface area contributed by atoms with E-state index in [2.05, 4.69) is 17.2 Å². The lowest BCUT2D eigenvalue weighted by Crippen LogP contribution is -2.12. The van der Waals surface area contributed by atoms with Gasteiger partial charge >= 0.3 is 0 Å². The van der Waals surface area contributed by atoms with Gasteiger partial charge in [-0.2, -0.15) is 0 Å². The highest BCUT2D eigenvalue weighted by atomic mass is 35.5. The third kappa shape index (κ3) is 7.55. The van der Waals surface area contributed by atoms with Crippen molar-refractivity contribution in [2.75, 3.05) is 13.1 Å². The van der Waals surface area contributed by atoms with Crippen LogP contribution in [0.5, 0.6) is 0 Å². The van der Waals surface area contributed by atoms with Gasteiger partial charge in [-0.05, 0) is 6.92 Å². The minimum Gasteiger partial charge on any atom is -0.303 e. The molecule has 1 nitrogen and oxygen atoms in total. The fourth-order valence-corrected chi connectivity index (χ4v) is 0.440. The average Bonchev–Trinajstić information content (AvgIpc) is 1.89. The van der Waals surface area contributed by atoms with E-state index in [0.717, 1.165) is 13.1 Å². The molecule has 0 atom stereocenters. The van der Waals surface area contributed by atoms with Gasteiger partial charge in [0, 0.05) is 12.1 Å². The maximum Gasteiger partial charge on any atom is 0.0578 e. The van der Waals surface area contributed by atoms with Gasteiger partial charge in [-0.3, -0.25) is 0 Å². The normalized spacial score (nSPS) is 9.11. The zero-order valence-corrected chi connectivity index (χ0v) is 6.20. The van der Waals surface area contributed by atoms with Gasteiger partial charge in [0.05, 0.1) is 6.54 Å². The fraction of sp³-hybridized carbons (Fsp3) is 0.429. The molecule has 50 valence electrons. The Morgan fingerprint density at radius 1 is 1.67 bits per heavy atom. The average molecular weight is 144 g/mol. The highest BCUT2D eigenvalue weighted by Gasteiger charge is 1.72. The van der Waals surface area contributed by atoms with Gasteiger partial charge < -0.3 is 5.32 Å². The lowest BCUT2D eigenvalue weighted by molar-refractivity contribution is 0.857. The van der Waals surface area contributed by atoms with Gasteiger partial charge in [0.25, 0.3) is 0 Å². The van der Waals surface area contributed by atoms with Crippen molar-refractivity contribution in [3.63, 3.8) is 0 Å². The van der Waals surface area contributed by atoms with Crippen LogP contribution in [-0.2, 0) is 0 Å². The van der Waals surface area contributed by atoms with Gasteiger partial charge in [0.15, 0.2) is 0 Å². The van der Waals surface area contributed by atoms with E-state index < -0.39 is 0 Å². The minimum absolute atomic E-state index is 0.734. The first kappa shape index (κ1) is 8.55. The minimum atomic E-state index is 0.734. The predicted molar refractivity (Wildman–Crippen MR) is 41.3 cm³/mol. The molecule has 0 saturated carbocycles. The largest absolute Gasteiger partial charge is 0.303 e. The second-order valence-electron chi connectivity index (χ2n) is 1.42. The SMILES string of the molecule is CC#CCNC/C=C/Cl. The fourth-order valence-electron chi connectivity index (χ4n) is 0.351. The zero-order valence-electron chi connectivity index (χ0n) is 5.45. The highest BCUT2D eigenvalue weighted by molar-refractivity contribution is 6.25. The molecule has 2 heteroatoms. The molecule has 0 radical (unpaired) electrons. The van der Waals surface area contributed by atoms with E-state index in [4.69, 9.17) is 11.6 Å². The molecule has 1 N–H and O–H groups in total. The van der Waals surface area contributed by atoms with Crippen LogP contribution in [0.25, 0.3) is 0 Å². The van der Waals surface area contributed by atoms with E-state index in [1.807, 2.05) is 13.0 Å². The number of halogens is 1. The first-order valence-corrected chi connectivity index (χ1v) is 3.21. The number of hydrogen-bond acceptors (Lipinski definition) is 1. The molecule has 0 aromatic heterocycles. The van der Waals surface area contributed by atoms with Crippen LogP contribution in [0.1, 0.15) is 6.92 Å². The monoisotopic (exact) mass is 143 g/mol. The summed E-state index contributed by atoms with van der Waals surface area (Å²) < 4.78 is 0. The smallest absolute Gasteiger partial charge is 0.0578 e. The molecule has 0 bridgehead atoms. The molecule has 0 aliphatic heterocycles. The summed E-state index contributed by atoms with van der Waals surface area (Å²) in [4.78, 5) is 0. The first-order chi connectivity index (χ1) is 4.41. The van der Waals surface area contributed by atoms with Gasteiger partial charge in [0.2, 0.25) is 0 Å². The second kappa shape index (κ2) is 7.55. The van der Waals surface area contributed by atoms with Crippen molar-refractivity contribution in [2.45, 2.75) is 6.92 Å². The summed E-state index contributed by atoms with van der Waals surface area (Å²) in [6, 6.07) is 0. The van der Waals surface area contributed by atoms with Crippen molar-refractivity contribution in [1.82, 2.24) is 5.32 Å². The number of rotatable bonds is 3. The van der Waals surface area contributed by atoms with Crippen molar-refractivity contribution < 1.29 is 0 Å². The van der Waals surface area contributed by atoms with E-state index in [9.17, 15) is 0 Å². The van der Waals surface area contributed by atoms with Crippen LogP contribution < -0.4 is 5.32 Å². The molecule has 0 heterocycles. The Morgan fingerprint density at radius 3 is 3.00 bits per heavy atom. The van der Waals surface area contributed by atoms with Crippen LogP contribution in [0.2, 0.25) is 0 Å². The van der Waals surface area contributed by atoms with Crippen molar-refractivity contribution in [2.24, 2.45) is 0 Å². The maximum atomic E-state index is 5.26. The lowest BCUT2D eigenvalue weighted by Gasteiger charge is -1.89. The van der Waals surface area contributed by atoms with E-state index in [0.29, 0.717) is 0 Å². The molecule has 0 unspecified atom stereocenters. The van der Waals surface area contributed by atoms with Gasteiger partial charge in [0.1, 0.15) is 0 Å². The summed E-state index contributed by atoms with van der Waals surface area (Å²) in [5.74, 6) is 5.64. The molecule has 0 saturated heterocycles. The van der Waals surface area contributed by atoms with Crippen LogP contribution in [0.15, 0.2) is 11.6 Å². The molecular weight excluding hydrogens is 134 g/mol. The molecule has 0 aromatic rings.